The van der Waals surface area contributed by atoms with Crippen LogP contribution in [0.15, 0.2) is 0 Å². The maximum Gasteiger partial charge on any atom is 0.302 e. The first kappa shape index (κ1) is 17.0. The predicted molar refractivity (Wildman–Crippen MR) is 70.3 cm³/mol. The standard InChI is InChI=1S/C11H21O4SSi/c1-10(12)15-7-5-9-16-8-4-6-11(17,13-2)14-3/h4-9H2,1-3H3. The number of hydrogen-bond donors (Lipinski definition) is 0. The van der Waals surface area contributed by atoms with E-state index < -0.39 is 5.41 Å². The van der Waals surface area contributed by atoms with Gasteiger partial charge in [0.2, 0.25) is 0 Å². The molecule has 0 saturated heterocycles. The third-order valence-electron chi connectivity index (χ3n) is 2.19. The minimum absolute atomic E-state index is 0.209. The second-order valence-corrected chi connectivity index (χ2v) is 5.56. The van der Waals surface area contributed by atoms with Gasteiger partial charge < -0.3 is 14.2 Å². The van der Waals surface area contributed by atoms with E-state index in [4.69, 9.17) is 14.2 Å². The molecule has 0 rings (SSSR count). The van der Waals surface area contributed by atoms with E-state index in [0.717, 1.165) is 30.8 Å². The van der Waals surface area contributed by atoms with Gasteiger partial charge in [-0.3, -0.25) is 4.79 Å². The topological polar surface area (TPSA) is 44.8 Å². The van der Waals surface area contributed by atoms with Crippen molar-refractivity contribution in [3.63, 3.8) is 0 Å². The van der Waals surface area contributed by atoms with Gasteiger partial charge in [-0.15, -0.1) is 0 Å². The Labute approximate surface area is 111 Å². The first-order valence-corrected chi connectivity index (χ1v) is 7.26. The smallest absolute Gasteiger partial charge is 0.302 e. The van der Waals surface area contributed by atoms with Crippen LogP contribution in [0.4, 0.5) is 0 Å². The Morgan fingerprint density at radius 2 is 1.82 bits per heavy atom. The van der Waals surface area contributed by atoms with Crippen molar-refractivity contribution < 1.29 is 19.0 Å². The normalized spacial score (nSPS) is 11.5. The Kier molecular flexibility index (Phi) is 9.91. The average Bonchev–Trinajstić information content (AvgIpc) is 2.32. The van der Waals surface area contributed by atoms with Gasteiger partial charge in [0.25, 0.3) is 0 Å². The number of carbonyl (C=O) groups is 1. The molecule has 0 N–H and O–H groups in total. The van der Waals surface area contributed by atoms with Crippen LogP contribution >= 0.6 is 11.8 Å². The van der Waals surface area contributed by atoms with Crippen LogP contribution in [0.3, 0.4) is 0 Å². The molecule has 0 amide bonds. The number of rotatable bonds is 10. The highest BCUT2D eigenvalue weighted by molar-refractivity contribution is 7.99. The molecular weight excluding hydrogens is 256 g/mol. The summed E-state index contributed by atoms with van der Waals surface area (Å²) in [4.78, 5) is 10.5. The molecule has 0 atom stereocenters. The molecule has 0 aliphatic rings. The Bertz CT molecular complexity index is 210. The molecule has 0 saturated carbocycles. The van der Waals surface area contributed by atoms with Crippen LogP contribution in [-0.2, 0) is 19.0 Å². The molecular formula is C11H21O4SSi. The van der Waals surface area contributed by atoms with Gasteiger partial charge in [0.1, 0.15) is 15.7 Å². The fourth-order valence-corrected chi connectivity index (χ4v) is 2.22. The van der Waals surface area contributed by atoms with Gasteiger partial charge in [0.05, 0.1) is 6.61 Å². The van der Waals surface area contributed by atoms with E-state index in [9.17, 15) is 4.79 Å². The molecule has 0 unspecified atom stereocenters. The van der Waals surface area contributed by atoms with Crippen molar-refractivity contribution in [1.29, 1.82) is 0 Å². The van der Waals surface area contributed by atoms with Crippen LogP contribution in [-0.4, -0.2) is 54.0 Å². The van der Waals surface area contributed by atoms with E-state index in [2.05, 4.69) is 10.2 Å². The van der Waals surface area contributed by atoms with E-state index >= 15 is 0 Å². The van der Waals surface area contributed by atoms with Crippen LogP contribution in [0.5, 0.6) is 0 Å². The van der Waals surface area contributed by atoms with E-state index in [-0.39, 0.29) is 5.97 Å². The van der Waals surface area contributed by atoms with Crippen molar-refractivity contribution in [2.24, 2.45) is 0 Å². The molecule has 0 aromatic heterocycles. The average molecular weight is 277 g/mol. The van der Waals surface area contributed by atoms with Gasteiger partial charge in [-0.05, 0) is 30.8 Å². The summed E-state index contributed by atoms with van der Waals surface area (Å²) >= 11 is 1.84. The Hall–Kier alpha value is -0.0431. The Morgan fingerprint density at radius 1 is 1.24 bits per heavy atom. The first-order valence-electron chi connectivity index (χ1n) is 5.60. The van der Waals surface area contributed by atoms with Crippen molar-refractivity contribution in [2.75, 3.05) is 32.3 Å². The summed E-state index contributed by atoms with van der Waals surface area (Å²) in [5.41, 5.74) is -0.654. The highest BCUT2D eigenvalue weighted by Gasteiger charge is 2.21. The van der Waals surface area contributed by atoms with Crippen molar-refractivity contribution in [1.82, 2.24) is 0 Å². The molecule has 0 aromatic carbocycles. The minimum Gasteiger partial charge on any atom is -0.466 e. The molecule has 3 radical (unpaired) electrons. The number of esters is 1. The molecule has 6 heteroatoms. The quantitative estimate of drug-likeness (QED) is 0.262. The second-order valence-electron chi connectivity index (χ2n) is 3.57. The zero-order valence-corrected chi connectivity index (χ0v) is 12.6. The summed E-state index contributed by atoms with van der Waals surface area (Å²) in [6, 6.07) is 0. The fraction of sp³-hybridized carbons (Fsp3) is 0.909. The van der Waals surface area contributed by atoms with Crippen LogP contribution in [0.25, 0.3) is 0 Å². The summed E-state index contributed by atoms with van der Waals surface area (Å²) in [6.07, 6.45) is 2.70. The van der Waals surface area contributed by atoms with Gasteiger partial charge in [-0.25, -0.2) is 0 Å². The van der Waals surface area contributed by atoms with Gasteiger partial charge in [0.15, 0.2) is 0 Å². The monoisotopic (exact) mass is 277 g/mol. The molecule has 0 bridgehead atoms. The van der Waals surface area contributed by atoms with Gasteiger partial charge in [-0.1, -0.05) is 0 Å². The summed E-state index contributed by atoms with van der Waals surface area (Å²) in [7, 11) is 6.66. The Morgan fingerprint density at radius 3 is 2.35 bits per heavy atom. The third kappa shape index (κ3) is 9.64. The highest BCUT2D eigenvalue weighted by Crippen LogP contribution is 2.16. The lowest BCUT2D eigenvalue weighted by Crippen LogP contribution is -2.34. The number of hydrogen-bond acceptors (Lipinski definition) is 5. The van der Waals surface area contributed by atoms with Gasteiger partial charge in [0, 0.05) is 21.1 Å². The van der Waals surface area contributed by atoms with Crippen molar-refractivity contribution in [3.05, 3.63) is 0 Å². The highest BCUT2D eigenvalue weighted by atomic mass is 32.2. The maximum absolute atomic E-state index is 10.5. The minimum atomic E-state index is -0.654. The van der Waals surface area contributed by atoms with Crippen LogP contribution < -0.4 is 0 Å². The molecule has 0 aliphatic heterocycles. The lowest BCUT2D eigenvalue weighted by Gasteiger charge is -2.26. The SMILES string of the molecule is COC([Si])(CCCSCCCOC(C)=O)OC. The molecule has 0 aliphatic carbocycles. The zero-order chi connectivity index (χ0) is 13.1. The van der Waals surface area contributed by atoms with Crippen LogP contribution in [0.2, 0.25) is 0 Å². The van der Waals surface area contributed by atoms with E-state index in [1.165, 1.54) is 6.92 Å². The zero-order valence-electron chi connectivity index (χ0n) is 10.8. The molecule has 0 spiro atoms. The first-order chi connectivity index (χ1) is 8.04. The third-order valence-corrected chi connectivity index (χ3v) is 4.01. The van der Waals surface area contributed by atoms with E-state index in [1.54, 1.807) is 14.2 Å². The van der Waals surface area contributed by atoms with Gasteiger partial charge in [-0.2, -0.15) is 11.8 Å². The Balaban J connectivity index is 3.32. The number of ether oxygens (including phenoxy) is 3. The summed E-state index contributed by atoms with van der Waals surface area (Å²) in [5, 5.41) is 0. The summed E-state index contributed by atoms with van der Waals surface area (Å²) in [6.45, 7) is 1.94. The lowest BCUT2D eigenvalue weighted by atomic mass is 10.3. The molecule has 4 nitrogen and oxygen atoms in total. The van der Waals surface area contributed by atoms with Crippen LogP contribution in [0, 0.1) is 0 Å². The van der Waals surface area contributed by atoms with Crippen molar-refractivity contribution >= 4 is 28.0 Å². The van der Waals surface area contributed by atoms with Crippen molar-refractivity contribution in [2.45, 2.75) is 31.6 Å². The number of carbonyl (C=O) groups excluding carboxylic acids is 1. The van der Waals surface area contributed by atoms with E-state index in [0.29, 0.717) is 6.61 Å². The molecule has 99 valence electrons. The van der Waals surface area contributed by atoms with E-state index in [1.807, 2.05) is 11.8 Å². The fourth-order valence-electron chi connectivity index (χ4n) is 1.17. The largest absolute Gasteiger partial charge is 0.466 e. The number of thioether (sulfide) groups is 1. The molecule has 0 fully saturated rings. The maximum atomic E-state index is 10.5. The predicted octanol–water partition coefficient (Wildman–Crippen LogP) is 1.57. The van der Waals surface area contributed by atoms with Crippen molar-refractivity contribution in [3.8, 4) is 0 Å². The summed E-state index contributed by atoms with van der Waals surface area (Å²) in [5.74, 6) is 1.83. The molecule has 17 heavy (non-hydrogen) atoms. The van der Waals surface area contributed by atoms with Crippen LogP contribution in [0.1, 0.15) is 26.2 Å². The summed E-state index contributed by atoms with van der Waals surface area (Å²) < 4.78 is 15.2. The molecule has 0 aromatic rings. The lowest BCUT2D eigenvalue weighted by molar-refractivity contribution is -0.145. The molecule has 0 heterocycles. The van der Waals surface area contributed by atoms with Gasteiger partial charge >= 0.3 is 5.97 Å². The second kappa shape index (κ2) is 9.93. The number of methoxy groups -OCH3 is 2.